The average molecular weight is 572 g/mol. The van der Waals surface area contributed by atoms with Crippen LogP contribution in [0.4, 0.5) is 0 Å². The summed E-state index contributed by atoms with van der Waals surface area (Å²) in [5, 5.41) is 20.8. The molecular formula is C33H33NO8. The summed E-state index contributed by atoms with van der Waals surface area (Å²) in [6.07, 6.45) is 2.68. The van der Waals surface area contributed by atoms with Crippen molar-refractivity contribution in [2.75, 3.05) is 26.4 Å². The molecule has 1 aliphatic carbocycles. The number of carbonyl (C=O) groups excluding carboxylic acids is 2. The number of nitrogens with one attached hydrogen (secondary N) is 1. The van der Waals surface area contributed by atoms with Gasteiger partial charge in [-0.2, -0.15) is 0 Å². The molecule has 9 nitrogen and oxygen atoms in total. The standard InChI is InChI=1S/C33H33NO8/c35-16-15-34-31(37)25-21-28(40-32(38)24-9-7-8-23(20-24)14-18-39-19-17-36)30-29(22-25)41-33(42-30,26-10-3-1-4-11-26)27-12-5-2-6-13-27/h1-14,18,20,22,28-30,35-36H,15-17,19,21H2,(H,34,37). The molecule has 3 atom stereocenters. The molecule has 0 radical (unpaired) electrons. The maximum atomic E-state index is 13.4. The van der Waals surface area contributed by atoms with Crippen LogP contribution in [0.5, 0.6) is 0 Å². The maximum absolute atomic E-state index is 13.4. The Morgan fingerprint density at radius 3 is 2.31 bits per heavy atom. The van der Waals surface area contributed by atoms with E-state index in [0.717, 1.165) is 11.1 Å². The van der Waals surface area contributed by atoms with Crippen molar-refractivity contribution in [2.24, 2.45) is 0 Å². The van der Waals surface area contributed by atoms with E-state index in [1.54, 1.807) is 36.4 Å². The highest BCUT2D eigenvalue weighted by Crippen LogP contribution is 2.47. The minimum absolute atomic E-state index is 0.0897. The van der Waals surface area contributed by atoms with E-state index in [9.17, 15) is 14.7 Å². The summed E-state index contributed by atoms with van der Waals surface area (Å²) < 4.78 is 24.6. The number of aliphatic hydroxyl groups is 2. The van der Waals surface area contributed by atoms with Gasteiger partial charge in [0.2, 0.25) is 11.7 Å². The van der Waals surface area contributed by atoms with Gasteiger partial charge in [-0.15, -0.1) is 0 Å². The number of aliphatic hydroxyl groups excluding tert-OH is 2. The van der Waals surface area contributed by atoms with Crippen LogP contribution in [-0.4, -0.2) is 66.8 Å². The average Bonchev–Trinajstić information content (AvgIpc) is 3.44. The molecule has 3 aromatic rings. The molecule has 9 heteroatoms. The normalized spacial score (nSPS) is 20.9. The first-order valence-electron chi connectivity index (χ1n) is 13.8. The largest absolute Gasteiger partial charge is 0.499 e. The van der Waals surface area contributed by atoms with Crippen LogP contribution in [0.15, 0.2) is 103 Å². The molecule has 0 bridgehead atoms. The fourth-order valence-electron chi connectivity index (χ4n) is 5.10. The second kappa shape index (κ2) is 13.6. The quantitative estimate of drug-likeness (QED) is 0.182. The zero-order chi connectivity index (χ0) is 29.4. The summed E-state index contributed by atoms with van der Waals surface area (Å²) in [6, 6.07) is 25.9. The van der Waals surface area contributed by atoms with E-state index in [1.165, 1.54) is 6.26 Å². The molecule has 3 N–H and O–H groups in total. The topological polar surface area (TPSA) is 124 Å². The molecule has 3 unspecified atom stereocenters. The Balaban J connectivity index is 1.46. The molecule has 218 valence electrons. The van der Waals surface area contributed by atoms with E-state index in [4.69, 9.17) is 24.1 Å². The highest BCUT2D eigenvalue weighted by Gasteiger charge is 2.54. The van der Waals surface area contributed by atoms with Crippen LogP contribution < -0.4 is 5.32 Å². The smallest absolute Gasteiger partial charge is 0.338 e. The van der Waals surface area contributed by atoms with Crippen LogP contribution in [0.3, 0.4) is 0 Å². The van der Waals surface area contributed by atoms with Gasteiger partial charge in [-0.25, -0.2) is 4.79 Å². The SMILES string of the molecule is O=C(NCCO)C1=CC2OC(c3ccccc3)(c3ccccc3)OC2C(OC(=O)c2cccc(C=COCCO)c2)C1. The van der Waals surface area contributed by atoms with Gasteiger partial charge in [0, 0.05) is 29.7 Å². The molecular weight excluding hydrogens is 538 g/mol. The third kappa shape index (κ3) is 6.45. The van der Waals surface area contributed by atoms with Crippen LogP contribution in [-0.2, 0) is 29.5 Å². The van der Waals surface area contributed by atoms with Crippen molar-refractivity contribution < 1.29 is 38.7 Å². The van der Waals surface area contributed by atoms with Crippen LogP contribution in [0.25, 0.3) is 6.08 Å². The van der Waals surface area contributed by atoms with Crippen LogP contribution in [0.1, 0.15) is 33.5 Å². The monoisotopic (exact) mass is 571 g/mol. The van der Waals surface area contributed by atoms with Gasteiger partial charge < -0.3 is 34.5 Å². The van der Waals surface area contributed by atoms with Crippen LogP contribution in [0.2, 0.25) is 0 Å². The summed E-state index contributed by atoms with van der Waals surface area (Å²) in [4.78, 5) is 26.4. The van der Waals surface area contributed by atoms with E-state index in [0.29, 0.717) is 16.7 Å². The molecule has 1 aliphatic heterocycles. The maximum Gasteiger partial charge on any atom is 0.338 e. The van der Waals surface area contributed by atoms with Gasteiger partial charge in [0.05, 0.1) is 25.0 Å². The minimum Gasteiger partial charge on any atom is -0.499 e. The molecule has 0 spiro atoms. The van der Waals surface area contributed by atoms with Crippen LogP contribution in [0, 0.1) is 0 Å². The van der Waals surface area contributed by atoms with E-state index in [1.807, 2.05) is 60.7 Å². The summed E-state index contributed by atoms with van der Waals surface area (Å²) in [5.74, 6) is -2.25. The molecule has 1 fully saturated rings. The Labute approximate surface area is 244 Å². The van der Waals surface area contributed by atoms with Gasteiger partial charge >= 0.3 is 5.97 Å². The number of rotatable bonds is 11. The lowest BCUT2D eigenvalue weighted by Crippen LogP contribution is -2.43. The zero-order valence-electron chi connectivity index (χ0n) is 22.9. The number of fused-ring (bicyclic) bond motifs is 1. The number of esters is 1. The first kappa shape index (κ1) is 29.2. The Morgan fingerprint density at radius 1 is 0.929 bits per heavy atom. The minimum atomic E-state index is -1.30. The third-order valence-electron chi connectivity index (χ3n) is 7.02. The fourth-order valence-corrected chi connectivity index (χ4v) is 5.10. The lowest BCUT2D eigenvalue weighted by molar-refractivity contribution is -0.157. The zero-order valence-corrected chi connectivity index (χ0v) is 22.9. The number of benzene rings is 3. The van der Waals surface area contributed by atoms with Gasteiger partial charge in [0.15, 0.2) is 0 Å². The molecule has 42 heavy (non-hydrogen) atoms. The van der Waals surface area contributed by atoms with Crippen molar-refractivity contribution in [3.63, 3.8) is 0 Å². The van der Waals surface area contributed by atoms with Crippen molar-refractivity contribution in [3.8, 4) is 0 Å². The van der Waals surface area contributed by atoms with Crippen molar-refractivity contribution in [2.45, 2.75) is 30.5 Å². The number of amides is 1. The molecule has 0 saturated carbocycles. The third-order valence-corrected chi connectivity index (χ3v) is 7.02. The predicted octanol–water partition coefficient (Wildman–Crippen LogP) is 3.32. The lowest BCUT2D eigenvalue weighted by atomic mass is 9.91. The van der Waals surface area contributed by atoms with Crippen molar-refractivity contribution in [1.82, 2.24) is 5.32 Å². The predicted molar refractivity (Wildman–Crippen MR) is 154 cm³/mol. The lowest BCUT2D eigenvalue weighted by Gasteiger charge is -2.31. The van der Waals surface area contributed by atoms with E-state index < -0.39 is 30.1 Å². The Kier molecular flexibility index (Phi) is 9.45. The molecule has 1 amide bonds. The van der Waals surface area contributed by atoms with Crippen molar-refractivity contribution in [3.05, 3.63) is 125 Å². The van der Waals surface area contributed by atoms with Gasteiger partial charge in [-0.05, 0) is 29.8 Å². The highest BCUT2D eigenvalue weighted by atomic mass is 16.8. The summed E-state index contributed by atoms with van der Waals surface area (Å²) >= 11 is 0. The molecule has 5 rings (SSSR count). The van der Waals surface area contributed by atoms with Crippen LogP contribution >= 0.6 is 0 Å². The van der Waals surface area contributed by atoms with Gasteiger partial charge in [-0.3, -0.25) is 4.79 Å². The molecule has 1 heterocycles. The Morgan fingerprint density at radius 2 is 1.64 bits per heavy atom. The highest BCUT2D eigenvalue weighted by molar-refractivity contribution is 5.94. The fraction of sp³-hybridized carbons (Fsp3) is 0.273. The second-order valence-electron chi connectivity index (χ2n) is 9.86. The Hall–Kier alpha value is -4.28. The molecule has 3 aromatic carbocycles. The van der Waals surface area contributed by atoms with Gasteiger partial charge in [0.1, 0.15) is 24.9 Å². The summed E-state index contributed by atoms with van der Waals surface area (Å²) in [7, 11) is 0. The first-order chi connectivity index (χ1) is 20.5. The summed E-state index contributed by atoms with van der Waals surface area (Å²) in [6.45, 7) is -0.0491. The van der Waals surface area contributed by atoms with Crippen molar-refractivity contribution >= 4 is 18.0 Å². The second-order valence-corrected chi connectivity index (χ2v) is 9.86. The van der Waals surface area contributed by atoms with E-state index in [2.05, 4.69) is 5.32 Å². The molecule has 1 saturated heterocycles. The molecule has 2 aliphatic rings. The van der Waals surface area contributed by atoms with E-state index in [-0.39, 0.29) is 38.7 Å². The molecule has 0 aromatic heterocycles. The van der Waals surface area contributed by atoms with Crippen molar-refractivity contribution in [1.29, 1.82) is 0 Å². The number of hydrogen-bond donors (Lipinski definition) is 3. The number of hydrogen-bond acceptors (Lipinski definition) is 8. The van der Waals surface area contributed by atoms with Gasteiger partial charge in [-0.1, -0.05) is 72.8 Å². The summed E-state index contributed by atoms with van der Waals surface area (Å²) in [5.41, 5.74) is 2.92. The Bertz CT molecular complexity index is 1380. The van der Waals surface area contributed by atoms with Gasteiger partial charge in [0.25, 0.3) is 0 Å². The number of ether oxygens (including phenoxy) is 4. The number of carbonyl (C=O) groups is 2. The first-order valence-corrected chi connectivity index (χ1v) is 13.8. The van der Waals surface area contributed by atoms with E-state index >= 15 is 0 Å².